The lowest BCUT2D eigenvalue weighted by molar-refractivity contribution is -0.385. The molecule has 1 aromatic carbocycles. The van der Waals surface area contributed by atoms with Crippen molar-refractivity contribution in [3.8, 4) is 11.9 Å². The Morgan fingerprint density at radius 2 is 2.26 bits per heavy atom. The quantitative estimate of drug-likeness (QED) is 0.279. The van der Waals surface area contributed by atoms with Gasteiger partial charge in [0.05, 0.1) is 11.0 Å². The maximum absolute atomic E-state index is 11.2. The molecule has 2 aromatic rings. The van der Waals surface area contributed by atoms with Crippen LogP contribution >= 0.6 is 0 Å². The zero-order valence-corrected chi connectivity index (χ0v) is 14.7. The minimum Gasteiger partial charge on any atom is -0.485 e. The van der Waals surface area contributed by atoms with Crippen LogP contribution < -0.4 is 10.1 Å². The number of aromatic nitrogens is 1. The number of nitrogens with zero attached hydrogens (tertiary/aromatic N) is 4. The first-order valence-corrected chi connectivity index (χ1v) is 8.12. The molecule has 0 spiro atoms. The number of aliphatic imine (C=N–C) groups is 1. The zero-order valence-electron chi connectivity index (χ0n) is 14.7. The van der Waals surface area contributed by atoms with Crippen molar-refractivity contribution in [2.45, 2.75) is 31.6 Å². The van der Waals surface area contributed by atoms with Crippen molar-refractivity contribution in [3.63, 3.8) is 0 Å². The van der Waals surface area contributed by atoms with E-state index in [-0.39, 0.29) is 11.5 Å². The minimum atomic E-state index is -1.06. The molecule has 2 atom stereocenters. The van der Waals surface area contributed by atoms with E-state index < -0.39 is 22.7 Å². The highest BCUT2D eigenvalue weighted by Gasteiger charge is 2.44. The summed E-state index contributed by atoms with van der Waals surface area (Å²) in [6.07, 6.45) is 3.76. The summed E-state index contributed by atoms with van der Waals surface area (Å²) in [6.45, 7) is 3.42. The van der Waals surface area contributed by atoms with E-state index in [0.29, 0.717) is 16.9 Å². The second kappa shape index (κ2) is 7.01. The number of non-ortho nitro benzene ring substituents is 1. The number of fused-ring (bicyclic) bond motifs is 1. The Hall–Kier alpha value is -3.51. The molecule has 0 saturated heterocycles. The van der Waals surface area contributed by atoms with Crippen LogP contribution in [0.5, 0.6) is 5.75 Å². The third-order valence-electron chi connectivity index (χ3n) is 4.33. The number of hydrogen-bond donors (Lipinski definition) is 2. The molecule has 0 unspecified atom stereocenters. The molecule has 9 nitrogen and oxygen atoms in total. The van der Waals surface area contributed by atoms with Crippen LogP contribution in [-0.2, 0) is 0 Å². The van der Waals surface area contributed by atoms with Gasteiger partial charge in [-0.3, -0.25) is 15.1 Å². The lowest BCUT2D eigenvalue weighted by Crippen LogP contribution is -2.53. The summed E-state index contributed by atoms with van der Waals surface area (Å²) >= 11 is 0. The molecule has 138 valence electrons. The maximum Gasteiger partial charge on any atom is 0.270 e. The second-order valence-corrected chi connectivity index (χ2v) is 6.55. The SMILES string of the molecule is CC1(C)Oc2ccc([N+](=O)[O-])cc2[C@H](N/C(=N\C#N)c2cccnc2)[C@H]1O. The van der Waals surface area contributed by atoms with E-state index >= 15 is 0 Å². The van der Waals surface area contributed by atoms with Gasteiger partial charge in [0.1, 0.15) is 23.3 Å². The zero-order chi connectivity index (χ0) is 19.6. The van der Waals surface area contributed by atoms with E-state index in [2.05, 4.69) is 15.3 Å². The molecule has 9 heteroatoms. The number of hydrogen-bond acceptors (Lipinski definition) is 7. The third-order valence-corrected chi connectivity index (χ3v) is 4.33. The Kier molecular flexibility index (Phi) is 4.75. The largest absolute Gasteiger partial charge is 0.485 e. The van der Waals surface area contributed by atoms with E-state index in [1.54, 1.807) is 38.4 Å². The van der Waals surface area contributed by atoms with Gasteiger partial charge in [-0.25, -0.2) is 0 Å². The molecule has 0 bridgehead atoms. The van der Waals surface area contributed by atoms with Crippen LogP contribution in [0, 0.1) is 21.6 Å². The lowest BCUT2D eigenvalue weighted by Gasteiger charge is -2.42. The van der Waals surface area contributed by atoms with E-state index in [0.717, 1.165) is 0 Å². The van der Waals surface area contributed by atoms with Crippen molar-refractivity contribution >= 4 is 11.5 Å². The Morgan fingerprint density at radius 1 is 1.48 bits per heavy atom. The molecule has 3 rings (SSSR count). The van der Waals surface area contributed by atoms with Crippen molar-refractivity contribution in [1.82, 2.24) is 10.3 Å². The van der Waals surface area contributed by atoms with Crippen LogP contribution in [0.1, 0.15) is 31.0 Å². The van der Waals surface area contributed by atoms with Crippen LogP contribution in [0.15, 0.2) is 47.7 Å². The van der Waals surface area contributed by atoms with E-state index in [9.17, 15) is 15.2 Å². The van der Waals surface area contributed by atoms with Crippen molar-refractivity contribution in [3.05, 3.63) is 64.0 Å². The normalized spacial score (nSPS) is 20.7. The molecule has 1 aliphatic rings. The Balaban J connectivity index is 2.07. The van der Waals surface area contributed by atoms with Crippen molar-refractivity contribution in [1.29, 1.82) is 5.26 Å². The minimum absolute atomic E-state index is 0.129. The predicted octanol–water partition coefficient (Wildman–Crippen LogP) is 2.08. The number of nitriles is 1. The molecular weight excluding hydrogens is 350 g/mol. The summed E-state index contributed by atoms with van der Waals surface area (Å²) in [5.41, 5.74) is -0.141. The van der Waals surface area contributed by atoms with Gasteiger partial charge in [0.15, 0.2) is 0 Å². The van der Waals surface area contributed by atoms with Gasteiger partial charge in [0.25, 0.3) is 5.69 Å². The Bertz CT molecular complexity index is 937. The average molecular weight is 367 g/mol. The van der Waals surface area contributed by atoms with Crippen LogP contribution in [0.25, 0.3) is 0 Å². The van der Waals surface area contributed by atoms with Gasteiger partial charge in [0.2, 0.25) is 6.19 Å². The fourth-order valence-corrected chi connectivity index (χ4v) is 2.94. The summed E-state index contributed by atoms with van der Waals surface area (Å²) in [7, 11) is 0. The van der Waals surface area contributed by atoms with Crippen LogP contribution in [0.2, 0.25) is 0 Å². The maximum atomic E-state index is 11.2. The van der Waals surface area contributed by atoms with Crippen molar-refractivity contribution in [2.24, 2.45) is 4.99 Å². The third kappa shape index (κ3) is 3.56. The molecular formula is C18H17N5O4. The standard InChI is InChI=1S/C18H17N5O4/c1-18(2)16(24)15(13-8-12(23(25)26)5-6-14(13)27-18)22-17(21-10-19)11-4-3-7-20-9-11/h3-9,15-16,24H,1-2H3,(H,21,22)/t15-,16+/m0/s1. The van der Waals surface area contributed by atoms with Gasteiger partial charge in [0, 0.05) is 35.7 Å². The van der Waals surface area contributed by atoms with Gasteiger partial charge in [-0.05, 0) is 32.0 Å². The number of aliphatic hydroxyl groups is 1. The molecule has 0 aliphatic carbocycles. The Labute approximate surface area is 155 Å². The van der Waals surface area contributed by atoms with E-state index in [1.165, 1.54) is 24.4 Å². The number of benzene rings is 1. The molecule has 0 amide bonds. The lowest BCUT2D eigenvalue weighted by atomic mass is 9.86. The molecule has 0 saturated carbocycles. The molecule has 1 aliphatic heterocycles. The average Bonchev–Trinajstić information content (AvgIpc) is 2.64. The number of aliphatic hydroxyl groups excluding tert-OH is 1. The fraction of sp³-hybridized carbons (Fsp3) is 0.278. The fourth-order valence-electron chi connectivity index (χ4n) is 2.94. The van der Waals surface area contributed by atoms with Crippen molar-refractivity contribution in [2.75, 3.05) is 0 Å². The van der Waals surface area contributed by atoms with Gasteiger partial charge in [-0.1, -0.05) is 0 Å². The smallest absolute Gasteiger partial charge is 0.270 e. The number of nitrogens with one attached hydrogen (secondary N) is 1. The highest BCUT2D eigenvalue weighted by Crippen LogP contribution is 2.41. The Morgan fingerprint density at radius 3 is 2.89 bits per heavy atom. The number of nitro benzene ring substituents is 1. The first-order valence-electron chi connectivity index (χ1n) is 8.12. The molecule has 0 fully saturated rings. The molecule has 2 N–H and O–H groups in total. The number of amidine groups is 1. The van der Waals surface area contributed by atoms with E-state index in [4.69, 9.17) is 10.00 Å². The van der Waals surface area contributed by atoms with Crippen LogP contribution in [-0.4, -0.2) is 32.6 Å². The van der Waals surface area contributed by atoms with Gasteiger partial charge >= 0.3 is 0 Å². The highest BCUT2D eigenvalue weighted by atomic mass is 16.6. The monoisotopic (exact) mass is 367 g/mol. The first-order chi connectivity index (χ1) is 12.8. The molecule has 2 heterocycles. The summed E-state index contributed by atoms with van der Waals surface area (Å²) < 4.78 is 5.81. The van der Waals surface area contributed by atoms with Gasteiger partial charge in [-0.2, -0.15) is 10.3 Å². The number of rotatable bonds is 3. The predicted molar refractivity (Wildman–Crippen MR) is 96.1 cm³/mol. The van der Waals surface area contributed by atoms with Gasteiger partial charge < -0.3 is 15.2 Å². The number of pyridine rings is 1. The highest BCUT2D eigenvalue weighted by molar-refractivity contribution is 5.99. The summed E-state index contributed by atoms with van der Waals surface area (Å²) in [6, 6.07) is 6.80. The first kappa shape index (κ1) is 18.3. The number of nitro groups is 1. The molecule has 27 heavy (non-hydrogen) atoms. The molecule has 0 radical (unpaired) electrons. The van der Waals surface area contributed by atoms with Crippen LogP contribution in [0.3, 0.4) is 0 Å². The summed E-state index contributed by atoms with van der Waals surface area (Å²) in [5, 5.41) is 34.1. The van der Waals surface area contributed by atoms with Crippen molar-refractivity contribution < 1.29 is 14.8 Å². The van der Waals surface area contributed by atoms with E-state index in [1.807, 2.05) is 0 Å². The topological polar surface area (TPSA) is 134 Å². The molecule has 1 aromatic heterocycles. The summed E-state index contributed by atoms with van der Waals surface area (Å²) in [4.78, 5) is 18.4. The summed E-state index contributed by atoms with van der Waals surface area (Å²) in [5.74, 6) is 0.612. The van der Waals surface area contributed by atoms with Gasteiger partial charge in [-0.15, -0.1) is 0 Å². The van der Waals surface area contributed by atoms with Crippen LogP contribution in [0.4, 0.5) is 5.69 Å². The number of ether oxygens (including phenoxy) is 1. The second-order valence-electron chi connectivity index (χ2n) is 6.55.